The quantitative estimate of drug-likeness (QED) is 0.222. The Morgan fingerprint density at radius 1 is 0.872 bits per heavy atom. The summed E-state index contributed by atoms with van der Waals surface area (Å²) in [6, 6.07) is 10.5. The van der Waals surface area contributed by atoms with Crippen molar-refractivity contribution in [2.24, 2.45) is 0 Å². The zero-order valence-corrected chi connectivity index (χ0v) is 23.0. The van der Waals surface area contributed by atoms with E-state index in [4.69, 9.17) is 32.8 Å². The fraction of sp³-hybridized carbons (Fsp3) is 0.300. The summed E-state index contributed by atoms with van der Waals surface area (Å²) in [5.41, 5.74) is 1.34. The van der Waals surface area contributed by atoms with Crippen molar-refractivity contribution in [2.75, 3.05) is 35.5 Å². The van der Waals surface area contributed by atoms with E-state index < -0.39 is 0 Å². The van der Waals surface area contributed by atoms with Gasteiger partial charge in [-0.25, -0.2) is 0 Å². The summed E-state index contributed by atoms with van der Waals surface area (Å²) in [4.78, 5) is 18.3. The summed E-state index contributed by atoms with van der Waals surface area (Å²) in [5.74, 6) is 2.21. The van der Waals surface area contributed by atoms with Gasteiger partial charge in [0.1, 0.15) is 22.5 Å². The van der Waals surface area contributed by atoms with E-state index in [1.165, 1.54) is 35.5 Å². The largest absolute Gasteiger partial charge is 0.496 e. The summed E-state index contributed by atoms with van der Waals surface area (Å²) in [5, 5.41) is 0.238. The molecule has 1 radical (unpaired) electrons. The molecule has 0 spiro atoms. The number of nitrogens with zero attached hydrogens (tertiary/aromatic N) is 1. The lowest BCUT2D eigenvalue weighted by atomic mass is 10.0. The topological polar surface area (TPSA) is 98.5 Å². The molecule has 0 unspecified atom stereocenters. The molecule has 0 atom stereocenters. The first-order valence-electron chi connectivity index (χ1n) is 12.4. The highest BCUT2D eigenvalue weighted by Crippen LogP contribution is 2.44. The van der Waals surface area contributed by atoms with Crippen molar-refractivity contribution in [1.82, 2.24) is 4.98 Å². The predicted octanol–water partition coefficient (Wildman–Crippen LogP) is 5.85. The van der Waals surface area contributed by atoms with Crippen molar-refractivity contribution in [2.45, 2.75) is 26.2 Å². The van der Waals surface area contributed by atoms with Crippen molar-refractivity contribution in [3.05, 3.63) is 70.7 Å². The molecular formula is C30H32NO8. The normalized spacial score (nSPS) is 10.9. The number of pyridine rings is 1. The van der Waals surface area contributed by atoms with Gasteiger partial charge >= 0.3 is 0 Å². The fourth-order valence-corrected chi connectivity index (χ4v) is 4.35. The first-order chi connectivity index (χ1) is 19.0. The molecule has 9 nitrogen and oxygen atoms in total. The van der Waals surface area contributed by atoms with E-state index >= 15 is 0 Å². The predicted molar refractivity (Wildman–Crippen MR) is 147 cm³/mol. The molecule has 2 aromatic carbocycles. The molecule has 205 valence electrons. The molecule has 0 aliphatic heterocycles. The molecule has 0 amide bonds. The van der Waals surface area contributed by atoms with Crippen molar-refractivity contribution >= 4 is 11.0 Å². The molecule has 39 heavy (non-hydrogen) atoms. The third kappa shape index (κ3) is 5.72. The number of methoxy groups -OCH3 is 5. The number of hydrogen-bond donors (Lipinski definition) is 0. The Morgan fingerprint density at radius 3 is 2.15 bits per heavy atom. The maximum absolute atomic E-state index is 14.1. The molecular weight excluding hydrogens is 502 g/mol. The Labute approximate surface area is 227 Å². The minimum Gasteiger partial charge on any atom is -0.496 e. The summed E-state index contributed by atoms with van der Waals surface area (Å²) in [6.07, 6.45) is 6.10. The van der Waals surface area contributed by atoms with Gasteiger partial charge in [-0.3, -0.25) is 9.78 Å². The lowest BCUT2D eigenvalue weighted by Gasteiger charge is -2.20. The summed E-state index contributed by atoms with van der Waals surface area (Å²) >= 11 is 0. The van der Waals surface area contributed by atoms with E-state index in [2.05, 4.69) is 4.98 Å². The van der Waals surface area contributed by atoms with E-state index in [0.717, 1.165) is 12.0 Å². The first kappa shape index (κ1) is 27.6. The molecule has 0 bridgehead atoms. The number of rotatable bonds is 12. The first-order valence-corrected chi connectivity index (χ1v) is 12.4. The van der Waals surface area contributed by atoms with Crippen LogP contribution in [0.5, 0.6) is 34.5 Å². The van der Waals surface area contributed by atoms with E-state index in [0.29, 0.717) is 53.3 Å². The number of benzene rings is 2. The lowest BCUT2D eigenvalue weighted by molar-refractivity contribution is 0.291. The molecule has 2 heterocycles. The van der Waals surface area contributed by atoms with Crippen LogP contribution in [0.3, 0.4) is 0 Å². The van der Waals surface area contributed by atoms with E-state index in [1.54, 1.807) is 36.7 Å². The Kier molecular flexibility index (Phi) is 8.81. The second kappa shape index (κ2) is 12.4. The smallest absolute Gasteiger partial charge is 0.239 e. The maximum Gasteiger partial charge on any atom is 0.239 e. The third-order valence-corrected chi connectivity index (χ3v) is 6.17. The van der Waals surface area contributed by atoms with Gasteiger partial charge in [0.15, 0.2) is 23.4 Å². The van der Waals surface area contributed by atoms with Gasteiger partial charge in [0.25, 0.3) is 0 Å². The van der Waals surface area contributed by atoms with Gasteiger partial charge in [-0.05, 0) is 30.2 Å². The highest BCUT2D eigenvalue weighted by molar-refractivity contribution is 5.89. The number of fused-ring (bicyclic) bond motifs is 1. The van der Waals surface area contributed by atoms with E-state index in [1.807, 2.05) is 19.1 Å². The Hall–Kier alpha value is -4.40. The van der Waals surface area contributed by atoms with Gasteiger partial charge in [-0.15, -0.1) is 0 Å². The second-order valence-corrected chi connectivity index (χ2v) is 8.64. The van der Waals surface area contributed by atoms with E-state index in [-0.39, 0.29) is 27.9 Å². The van der Waals surface area contributed by atoms with Gasteiger partial charge in [-0.2, -0.15) is 0 Å². The van der Waals surface area contributed by atoms with Crippen molar-refractivity contribution in [3.8, 4) is 45.8 Å². The van der Waals surface area contributed by atoms with Crippen LogP contribution < -0.4 is 33.8 Å². The summed E-state index contributed by atoms with van der Waals surface area (Å²) in [6.45, 7) is 2.05. The SMILES string of the molecule is CCC[C](Cc1cccnc1)Oc1c(-c2cc(OC)c(OC)c(OC)c2)oc2cc(OC)cc(OC)c2c1=O. The van der Waals surface area contributed by atoms with E-state index in [9.17, 15) is 4.79 Å². The van der Waals surface area contributed by atoms with Gasteiger partial charge in [0.2, 0.25) is 16.9 Å². The average molecular weight is 535 g/mol. The highest BCUT2D eigenvalue weighted by atomic mass is 16.5. The number of ether oxygens (including phenoxy) is 6. The van der Waals surface area contributed by atoms with Crippen LogP contribution in [0.15, 0.2) is 58.0 Å². The second-order valence-electron chi connectivity index (χ2n) is 8.64. The molecule has 9 heteroatoms. The average Bonchev–Trinajstić information content (AvgIpc) is 2.97. The van der Waals surface area contributed by atoms with Crippen LogP contribution in [0.2, 0.25) is 0 Å². The van der Waals surface area contributed by atoms with Crippen molar-refractivity contribution in [3.63, 3.8) is 0 Å². The zero-order valence-electron chi connectivity index (χ0n) is 23.0. The minimum absolute atomic E-state index is 0.0209. The molecule has 4 rings (SSSR count). The molecule has 2 aromatic heterocycles. The Bertz CT molecular complexity index is 1460. The standard InChI is InChI=1S/C30H32NO8/c1-7-9-20(12-18-10-8-11-31-17-18)38-30-27(32)26-22(34-3)15-21(33-2)16-23(26)39-28(30)19-13-24(35-4)29(37-6)25(14-19)36-5/h8,10-11,13-17H,7,9,12H2,1-6H3. The van der Waals surface area contributed by atoms with Crippen LogP contribution in [0.4, 0.5) is 0 Å². The molecule has 4 aromatic rings. The van der Waals surface area contributed by atoms with Crippen molar-refractivity contribution in [1.29, 1.82) is 0 Å². The van der Waals surface area contributed by atoms with Gasteiger partial charge in [0, 0.05) is 36.5 Å². The Morgan fingerprint density at radius 2 is 1.59 bits per heavy atom. The van der Waals surface area contributed by atoms with Gasteiger partial charge in [0.05, 0.1) is 35.5 Å². The maximum atomic E-state index is 14.1. The molecule has 0 saturated carbocycles. The number of hydrogen-bond acceptors (Lipinski definition) is 9. The lowest BCUT2D eigenvalue weighted by Crippen LogP contribution is -2.17. The molecule has 0 saturated heterocycles. The molecule has 0 N–H and O–H groups in total. The van der Waals surface area contributed by atoms with Crippen LogP contribution in [-0.4, -0.2) is 40.5 Å². The Balaban J connectivity index is 1.98. The number of aromatic nitrogens is 1. The van der Waals surface area contributed by atoms with Crippen LogP contribution in [0.1, 0.15) is 25.3 Å². The third-order valence-electron chi connectivity index (χ3n) is 6.17. The fourth-order valence-electron chi connectivity index (χ4n) is 4.35. The summed E-state index contributed by atoms with van der Waals surface area (Å²) in [7, 11) is 7.57. The minimum atomic E-state index is -0.390. The van der Waals surface area contributed by atoms with Crippen molar-refractivity contribution < 1.29 is 32.8 Å². The highest BCUT2D eigenvalue weighted by Gasteiger charge is 2.26. The van der Waals surface area contributed by atoms with Crippen LogP contribution >= 0.6 is 0 Å². The van der Waals surface area contributed by atoms with Crippen LogP contribution in [-0.2, 0) is 6.42 Å². The van der Waals surface area contributed by atoms with Gasteiger partial charge in [-0.1, -0.05) is 19.4 Å². The molecule has 0 aliphatic rings. The molecule has 0 aliphatic carbocycles. The van der Waals surface area contributed by atoms with Crippen LogP contribution in [0.25, 0.3) is 22.3 Å². The monoisotopic (exact) mass is 534 g/mol. The zero-order chi connectivity index (χ0) is 27.9. The van der Waals surface area contributed by atoms with Gasteiger partial charge < -0.3 is 32.8 Å². The van der Waals surface area contributed by atoms with Crippen LogP contribution in [0, 0.1) is 6.10 Å². The molecule has 0 fully saturated rings. The summed E-state index contributed by atoms with van der Waals surface area (Å²) < 4.78 is 40.3.